The fourth-order valence-electron chi connectivity index (χ4n) is 2.28. The first kappa shape index (κ1) is 15.9. The summed E-state index contributed by atoms with van der Waals surface area (Å²) in [5.74, 6) is 0. The van der Waals surface area contributed by atoms with Gasteiger partial charge in [-0.3, -0.25) is 0 Å². The topological polar surface area (TPSA) is 39.7 Å². The highest BCUT2D eigenvalue weighted by atomic mass is 16.6. The van der Waals surface area contributed by atoms with Gasteiger partial charge in [0.25, 0.3) is 0 Å². The zero-order valence-electron chi connectivity index (χ0n) is 12.3. The summed E-state index contributed by atoms with van der Waals surface area (Å²) < 4.78 is 17.1. The van der Waals surface area contributed by atoms with Gasteiger partial charge >= 0.3 is 0 Å². The van der Waals surface area contributed by atoms with Crippen molar-refractivity contribution in [3.63, 3.8) is 0 Å². The van der Waals surface area contributed by atoms with Gasteiger partial charge in [-0.1, -0.05) is 6.92 Å². The van der Waals surface area contributed by atoms with E-state index >= 15 is 0 Å². The first-order valence-corrected chi connectivity index (χ1v) is 7.31. The number of hydrogen-bond acceptors (Lipinski definition) is 4. The van der Waals surface area contributed by atoms with E-state index in [0.717, 1.165) is 32.6 Å². The number of ether oxygens (including phenoxy) is 3. The predicted molar refractivity (Wildman–Crippen MR) is 72.9 cm³/mol. The fraction of sp³-hybridized carbons (Fsp3) is 1.00. The van der Waals surface area contributed by atoms with Gasteiger partial charge in [0.05, 0.1) is 24.9 Å². The molecule has 4 unspecified atom stereocenters. The molecule has 0 spiro atoms. The molecule has 108 valence electrons. The van der Waals surface area contributed by atoms with Gasteiger partial charge in [0, 0.05) is 19.3 Å². The molecule has 0 heterocycles. The van der Waals surface area contributed by atoms with Crippen molar-refractivity contribution in [3.05, 3.63) is 0 Å². The zero-order chi connectivity index (χ0) is 13.4. The van der Waals surface area contributed by atoms with Gasteiger partial charge in [-0.2, -0.15) is 0 Å². The summed E-state index contributed by atoms with van der Waals surface area (Å²) in [5.41, 5.74) is 0. The summed E-state index contributed by atoms with van der Waals surface area (Å²) in [5, 5.41) is 3.51. The van der Waals surface area contributed by atoms with Gasteiger partial charge in [-0.05, 0) is 40.2 Å². The summed E-state index contributed by atoms with van der Waals surface area (Å²) in [4.78, 5) is 0. The molecule has 1 aliphatic carbocycles. The molecule has 0 aromatic rings. The smallest absolute Gasteiger partial charge is 0.0990 e. The van der Waals surface area contributed by atoms with Crippen LogP contribution in [0.5, 0.6) is 0 Å². The van der Waals surface area contributed by atoms with E-state index in [0.29, 0.717) is 12.6 Å². The van der Waals surface area contributed by atoms with E-state index in [9.17, 15) is 0 Å². The van der Waals surface area contributed by atoms with E-state index in [-0.39, 0.29) is 18.3 Å². The summed E-state index contributed by atoms with van der Waals surface area (Å²) >= 11 is 0. The second kappa shape index (κ2) is 8.86. The van der Waals surface area contributed by atoms with Crippen LogP contribution in [-0.4, -0.2) is 50.7 Å². The normalized spacial score (nSPS) is 29.0. The largest absolute Gasteiger partial charge is 0.379 e. The van der Waals surface area contributed by atoms with Crippen LogP contribution in [0.2, 0.25) is 0 Å². The van der Waals surface area contributed by atoms with Crippen molar-refractivity contribution in [1.82, 2.24) is 5.32 Å². The van der Waals surface area contributed by atoms with Crippen molar-refractivity contribution in [2.24, 2.45) is 0 Å². The maximum atomic E-state index is 5.97. The Kier molecular flexibility index (Phi) is 7.82. The molecule has 0 saturated heterocycles. The molecule has 1 N–H and O–H groups in total. The van der Waals surface area contributed by atoms with E-state index in [4.69, 9.17) is 14.2 Å². The Morgan fingerprint density at radius 2 is 2.00 bits per heavy atom. The summed E-state index contributed by atoms with van der Waals surface area (Å²) in [7, 11) is 0. The highest BCUT2D eigenvalue weighted by Gasteiger charge is 2.42. The molecule has 1 saturated carbocycles. The highest BCUT2D eigenvalue weighted by molar-refractivity contribution is 4.97. The third kappa shape index (κ3) is 4.84. The maximum absolute atomic E-state index is 5.97. The van der Waals surface area contributed by atoms with Crippen LogP contribution >= 0.6 is 0 Å². The quantitative estimate of drug-likeness (QED) is 0.651. The SMILES string of the molecule is CCCNC1CC(OC(C)COCC)C1OCC. The Labute approximate surface area is 111 Å². The Bertz CT molecular complexity index is 213. The highest BCUT2D eigenvalue weighted by Crippen LogP contribution is 2.28. The van der Waals surface area contributed by atoms with Crippen molar-refractivity contribution in [2.75, 3.05) is 26.4 Å². The molecular formula is C14H29NO3. The van der Waals surface area contributed by atoms with E-state index in [2.05, 4.69) is 19.2 Å². The van der Waals surface area contributed by atoms with Crippen LogP contribution in [0, 0.1) is 0 Å². The monoisotopic (exact) mass is 259 g/mol. The molecule has 0 aliphatic heterocycles. The van der Waals surface area contributed by atoms with Gasteiger partial charge in [0.15, 0.2) is 0 Å². The van der Waals surface area contributed by atoms with Gasteiger partial charge in [-0.15, -0.1) is 0 Å². The lowest BCUT2D eigenvalue weighted by Crippen LogP contribution is -2.61. The predicted octanol–water partition coefficient (Wildman–Crippen LogP) is 1.97. The van der Waals surface area contributed by atoms with Gasteiger partial charge in [0.2, 0.25) is 0 Å². The number of nitrogens with one attached hydrogen (secondary N) is 1. The van der Waals surface area contributed by atoms with Gasteiger partial charge in [0.1, 0.15) is 0 Å². The average molecular weight is 259 g/mol. The minimum Gasteiger partial charge on any atom is -0.379 e. The molecule has 4 nitrogen and oxygen atoms in total. The van der Waals surface area contributed by atoms with Crippen molar-refractivity contribution >= 4 is 0 Å². The Morgan fingerprint density at radius 1 is 1.22 bits per heavy atom. The fourth-order valence-corrected chi connectivity index (χ4v) is 2.28. The van der Waals surface area contributed by atoms with Crippen molar-refractivity contribution < 1.29 is 14.2 Å². The molecule has 0 aromatic carbocycles. The first-order chi connectivity index (χ1) is 8.72. The van der Waals surface area contributed by atoms with E-state index in [1.54, 1.807) is 0 Å². The Hall–Kier alpha value is -0.160. The second-order valence-electron chi connectivity index (χ2n) is 4.86. The first-order valence-electron chi connectivity index (χ1n) is 7.31. The van der Waals surface area contributed by atoms with Gasteiger partial charge in [-0.25, -0.2) is 0 Å². The van der Waals surface area contributed by atoms with Crippen LogP contribution in [0.3, 0.4) is 0 Å². The molecule has 0 aromatic heterocycles. The number of rotatable bonds is 10. The number of hydrogen-bond donors (Lipinski definition) is 1. The molecule has 1 fully saturated rings. The molecule has 18 heavy (non-hydrogen) atoms. The van der Waals surface area contributed by atoms with E-state index in [1.165, 1.54) is 0 Å². The molecule has 4 atom stereocenters. The second-order valence-corrected chi connectivity index (χ2v) is 4.86. The standard InChI is InChI=1S/C14H29NO3/c1-5-8-15-12-9-13(14(12)17-7-3)18-11(4)10-16-6-2/h11-15H,5-10H2,1-4H3. The zero-order valence-corrected chi connectivity index (χ0v) is 12.3. The lowest BCUT2D eigenvalue weighted by atomic mass is 9.85. The molecule has 0 radical (unpaired) electrons. The molecule has 0 bridgehead atoms. The Morgan fingerprint density at radius 3 is 2.61 bits per heavy atom. The summed E-state index contributed by atoms with van der Waals surface area (Å²) in [6.07, 6.45) is 2.76. The van der Waals surface area contributed by atoms with Crippen LogP contribution in [-0.2, 0) is 14.2 Å². The van der Waals surface area contributed by atoms with E-state index in [1.807, 2.05) is 13.8 Å². The molecular weight excluding hydrogens is 230 g/mol. The van der Waals surface area contributed by atoms with Crippen molar-refractivity contribution in [2.45, 2.75) is 64.9 Å². The minimum atomic E-state index is 0.144. The van der Waals surface area contributed by atoms with E-state index < -0.39 is 0 Å². The molecule has 1 rings (SSSR count). The third-order valence-corrected chi connectivity index (χ3v) is 3.23. The van der Waals surface area contributed by atoms with Crippen molar-refractivity contribution in [3.8, 4) is 0 Å². The lowest BCUT2D eigenvalue weighted by Gasteiger charge is -2.45. The van der Waals surface area contributed by atoms with Crippen LogP contribution in [0.1, 0.15) is 40.5 Å². The van der Waals surface area contributed by atoms with Gasteiger partial charge < -0.3 is 19.5 Å². The van der Waals surface area contributed by atoms with Crippen LogP contribution in [0.15, 0.2) is 0 Å². The lowest BCUT2D eigenvalue weighted by molar-refractivity contribution is -0.171. The molecule has 1 aliphatic rings. The molecule has 0 amide bonds. The Balaban J connectivity index is 2.28. The van der Waals surface area contributed by atoms with Crippen LogP contribution < -0.4 is 5.32 Å². The van der Waals surface area contributed by atoms with Crippen LogP contribution in [0.4, 0.5) is 0 Å². The third-order valence-electron chi connectivity index (χ3n) is 3.23. The van der Waals surface area contributed by atoms with Crippen molar-refractivity contribution in [1.29, 1.82) is 0 Å². The molecule has 4 heteroatoms. The van der Waals surface area contributed by atoms with Crippen LogP contribution in [0.25, 0.3) is 0 Å². The average Bonchev–Trinajstić information content (AvgIpc) is 2.36. The minimum absolute atomic E-state index is 0.144. The summed E-state index contributed by atoms with van der Waals surface area (Å²) in [6.45, 7) is 11.5. The summed E-state index contributed by atoms with van der Waals surface area (Å²) in [6, 6.07) is 0.453. The maximum Gasteiger partial charge on any atom is 0.0990 e.